The molecule has 0 fully saturated rings. The molecule has 1 rings (SSSR count). The molecule has 4 heteroatoms. The predicted molar refractivity (Wildman–Crippen MR) is 70.5 cm³/mol. The lowest BCUT2D eigenvalue weighted by molar-refractivity contribution is -0.139. The molecule has 100 valence electrons. The number of aliphatic carboxylic acids is 1. The van der Waals surface area contributed by atoms with Gasteiger partial charge in [-0.3, -0.25) is 4.79 Å². The van der Waals surface area contributed by atoms with Crippen molar-refractivity contribution >= 4 is 5.97 Å². The quantitative estimate of drug-likeness (QED) is 0.780. The van der Waals surface area contributed by atoms with Crippen LogP contribution in [0.25, 0.3) is 0 Å². The molecule has 0 heterocycles. The van der Waals surface area contributed by atoms with Crippen molar-refractivity contribution in [3.05, 3.63) is 35.9 Å². The van der Waals surface area contributed by atoms with Crippen LogP contribution in [0.4, 0.5) is 0 Å². The molecule has 0 radical (unpaired) electrons. The van der Waals surface area contributed by atoms with Crippen molar-refractivity contribution in [1.82, 2.24) is 5.32 Å². The van der Waals surface area contributed by atoms with Gasteiger partial charge in [-0.05, 0) is 32.4 Å². The number of carbonyl (C=O) groups is 1. The maximum atomic E-state index is 11.2. The highest BCUT2D eigenvalue weighted by Crippen LogP contribution is 2.15. The monoisotopic (exact) mass is 251 g/mol. The molecule has 0 aliphatic carbocycles. The van der Waals surface area contributed by atoms with Crippen LogP contribution >= 0.6 is 0 Å². The molecule has 0 spiro atoms. The number of hydrogen-bond donors (Lipinski definition) is 2. The molecule has 0 amide bonds. The number of rotatable bonds is 7. The van der Waals surface area contributed by atoms with Gasteiger partial charge in [0, 0.05) is 7.11 Å². The Hall–Kier alpha value is -1.39. The summed E-state index contributed by atoms with van der Waals surface area (Å²) in [5.41, 5.74) is 0.521. The summed E-state index contributed by atoms with van der Waals surface area (Å²) in [5, 5.41) is 12.3. The Morgan fingerprint density at radius 3 is 2.50 bits per heavy atom. The van der Waals surface area contributed by atoms with E-state index in [1.807, 2.05) is 44.2 Å². The topological polar surface area (TPSA) is 58.6 Å². The van der Waals surface area contributed by atoms with E-state index < -0.39 is 12.0 Å². The smallest absolute Gasteiger partial charge is 0.325 e. The normalized spacial score (nSPS) is 13.3. The lowest BCUT2D eigenvalue weighted by atomic mass is 10.0. The van der Waals surface area contributed by atoms with Crippen LogP contribution in [0.2, 0.25) is 0 Å². The van der Waals surface area contributed by atoms with Crippen LogP contribution in [0.3, 0.4) is 0 Å². The lowest BCUT2D eigenvalue weighted by Crippen LogP contribution is -2.34. The van der Waals surface area contributed by atoms with Gasteiger partial charge in [0.1, 0.15) is 6.04 Å². The van der Waals surface area contributed by atoms with Gasteiger partial charge in [-0.2, -0.15) is 0 Å². The average molecular weight is 251 g/mol. The third-order valence-corrected chi connectivity index (χ3v) is 3.01. The SMILES string of the molecule is COC(C)(C)CCNC(C(=O)O)c1ccccc1. The van der Waals surface area contributed by atoms with E-state index in [2.05, 4.69) is 5.32 Å². The Labute approximate surface area is 108 Å². The Bertz CT molecular complexity index is 376. The minimum Gasteiger partial charge on any atom is -0.480 e. The second-order valence-corrected chi connectivity index (χ2v) is 4.85. The van der Waals surface area contributed by atoms with Gasteiger partial charge in [0.2, 0.25) is 0 Å². The Kier molecular flexibility index (Phi) is 5.31. The van der Waals surface area contributed by atoms with E-state index in [1.165, 1.54) is 0 Å². The standard InChI is InChI=1S/C14H21NO3/c1-14(2,18-3)9-10-15-12(13(16)17)11-7-5-4-6-8-11/h4-8,12,15H,9-10H2,1-3H3,(H,16,17). The second-order valence-electron chi connectivity index (χ2n) is 4.85. The van der Waals surface area contributed by atoms with Crippen LogP contribution in [-0.2, 0) is 9.53 Å². The number of ether oxygens (including phenoxy) is 1. The molecule has 0 saturated carbocycles. The number of nitrogens with one attached hydrogen (secondary N) is 1. The summed E-state index contributed by atoms with van der Waals surface area (Å²) >= 11 is 0. The van der Waals surface area contributed by atoms with Crippen molar-refractivity contribution in [2.75, 3.05) is 13.7 Å². The van der Waals surface area contributed by atoms with Gasteiger partial charge in [-0.15, -0.1) is 0 Å². The van der Waals surface area contributed by atoms with Crippen molar-refractivity contribution in [2.24, 2.45) is 0 Å². The highest BCUT2D eigenvalue weighted by atomic mass is 16.5. The maximum absolute atomic E-state index is 11.2. The molecule has 1 atom stereocenters. The Balaban J connectivity index is 2.58. The molecule has 4 nitrogen and oxygen atoms in total. The summed E-state index contributed by atoms with van der Waals surface area (Å²) in [5.74, 6) is -0.864. The van der Waals surface area contributed by atoms with Gasteiger partial charge in [0.25, 0.3) is 0 Å². The maximum Gasteiger partial charge on any atom is 0.325 e. The highest BCUT2D eigenvalue weighted by molar-refractivity contribution is 5.75. The van der Waals surface area contributed by atoms with Crippen molar-refractivity contribution < 1.29 is 14.6 Å². The van der Waals surface area contributed by atoms with E-state index in [1.54, 1.807) is 7.11 Å². The molecule has 0 aliphatic rings. The summed E-state index contributed by atoms with van der Waals surface area (Å²) < 4.78 is 5.30. The molecule has 0 bridgehead atoms. The molecule has 1 aromatic rings. The Morgan fingerprint density at radius 1 is 1.39 bits per heavy atom. The molecular formula is C14H21NO3. The van der Waals surface area contributed by atoms with Crippen molar-refractivity contribution in [3.8, 4) is 0 Å². The molecule has 0 aromatic heterocycles. The first kappa shape index (κ1) is 14.7. The summed E-state index contributed by atoms with van der Waals surface area (Å²) in [6.45, 7) is 4.55. The van der Waals surface area contributed by atoms with E-state index in [4.69, 9.17) is 4.74 Å². The zero-order valence-corrected chi connectivity index (χ0v) is 11.1. The number of hydrogen-bond acceptors (Lipinski definition) is 3. The van der Waals surface area contributed by atoms with Gasteiger partial charge < -0.3 is 15.2 Å². The summed E-state index contributed by atoms with van der Waals surface area (Å²) in [6.07, 6.45) is 0.750. The molecule has 0 aliphatic heterocycles. The zero-order chi connectivity index (χ0) is 13.6. The molecule has 2 N–H and O–H groups in total. The van der Waals surface area contributed by atoms with Crippen molar-refractivity contribution in [1.29, 1.82) is 0 Å². The van der Waals surface area contributed by atoms with Crippen molar-refractivity contribution in [2.45, 2.75) is 31.9 Å². The fraction of sp³-hybridized carbons (Fsp3) is 0.500. The molecule has 1 aromatic carbocycles. The summed E-state index contributed by atoms with van der Waals surface area (Å²) in [6, 6.07) is 8.51. The van der Waals surface area contributed by atoms with Gasteiger partial charge >= 0.3 is 5.97 Å². The van der Waals surface area contributed by atoms with Crippen LogP contribution in [0.5, 0.6) is 0 Å². The molecule has 0 saturated heterocycles. The largest absolute Gasteiger partial charge is 0.480 e. The third-order valence-electron chi connectivity index (χ3n) is 3.01. The lowest BCUT2D eigenvalue weighted by Gasteiger charge is -2.24. The van der Waals surface area contributed by atoms with Crippen LogP contribution in [0, 0.1) is 0 Å². The average Bonchev–Trinajstić information content (AvgIpc) is 2.35. The number of carboxylic acids is 1. The summed E-state index contributed by atoms with van der Waals surface area (Å²) in [7, 11) is 1.66. The van der Waals surface area contributed by atoms with E-state index in [0.717, 1.165) is 12.0 Å². The van der Waals surface area contributed by atoms with Gasteiger partial charge in [-0.25, -0.2) is 0 Å². The van der Waals surface area contributed by atoms with Gasteiger partial charge in [0.05, 0.1) is 5.60 Å². The van der Waals surface area contributed by atoms with Crippen LogP contribution in [0.1, 0.15) is 31.9 Å². The van der Waals surface area contributed by atoms with E-state index in [9.17, 15) is 9.90 Å². The van der Waals surface area contributed by atoms with Crippen molar-refractivity contribution in [3.63, 3.8) is 0 Å². The first-order chi connectivity index (χ1) is 8.46. The molecule has 1 unspecified atom stereocenters. The second kappa shape index (κ2) is 6.52. The van der Waals surface area contributed by atoms with E-state index in [0.29, 0.717) is 6.54 Å². The van der Waals surface area contributed by atoms with Crippen LogP contribution in [0.15, 0.2) is 30.3 Å². The van der Waals surface area contributed by atoms with Gasteiger partial charge in [0.15, 0.2) is 0 Å². The number of methoxy groups -OCH3 is 1. The van der Waals surface area contributed by atoms with Crippen LogP contribution in [-0.4, -0.2) is 30.3 Å². The molecular weight excluding hydrogens is 230 g/mol. The number of carboxylic acid groups (broad SMARTS) is 1. The number of benzene rings is 1. The van der Waals surface area contributed by atoms with Gasteiger partial charge in [-0.1, -0.05) is 30.3 Å². The fourth-order valence-corrected chi connectivity index (χ4v) is 1.61. The minimum atomic E-state index is -0.864. The first-order valence-corrected chi connectivity index (χ1v) is 6.02. The third kappa shape index (κ3) is 4.47. The fourth-order valence-electron chi connectivity index (χ4n) is 1.61. The van der Waals surface area contributed by atoms with E-state index >= 15 is 0 Å². The zero-order valence-electron chi connectivity index (χ0n) is 11.1. The highest BCUT2D eigenvalue weighted by Gasteiger charge is 2.21. The minimum absolute atomic E-state index is 0.243. The first-order valence-electron chi connectivity index (χ1n) is 6.02. The van der Waals surface area contributed by atoms with E-state index in [-0.39, 0.29) is 5.60 Å². The van der Waals surface area contributed by atoms with Crippen LogP contribution < -0.4 is 5.32 Å². The summed E-state index contributed by atoms with van der Waals surface area (Å²) in [4.78, 5) is 11.2. The Morgan fingerprint density at radius 2 is 2.00 bits per heavy atom. The molecule has 18 heavy (non-hydrogen) atoms. The predicted octanol–water partition coefficient (Wildman–Crippen LogP) is 2.22.